The number of rotatable bonds is 9. The van der Waals surface area contributed by atoms with Crippen molar-refractivity contribution in [3.8, 4) is 0 Å². The van der Waals surface area contributed by atoms with Gasteiger partial charge in [0.2, 0.25) is 10.0 Å². The van der Waals surface area contributed by atoms with Gasteiger partial charge in [-0.2, -0.15) is 4.31 Å². The first-order valence-electron chi connectivity index (χ1n) is 13.8. The average Bonchev–Trinajstić information content (AvgIpc) is 3.39. The highest BCUT2D eigenvalue weighted by Crippen LogP contribution is 2.33. The summed E-state index contributed by atoms with van der Waals surface area (Å²) in [5, 5.41) is 0.657. The molecule has 9 heteroatoms. The Morgan fingerprint density at radius 1 is 0.975 bits per heavy atom. The molecule has 0 radical (unpaired) electrons. The van der Waals surface area contributed by atoms with Crippen LogP contribution in [0.2, 0.25) is 0 Å². The smallest absolute Gasteiger partial charge is 0.260 e. The SMILES string of the molecule is CCN(CC)CCN(C(=O)c1ccc(S(=O)(=O)N2CCc3ccccc3C2)cc1)c1nc2cc(C)cc(C)c2s1. The zero-order chi connectivity index (χ0) is 28.4. The van der Waals surface area contributed by atoms with E-state index in [1.54, 1.807) is 29.2 Å². The standard InChI is InChI=1S/C31H36N4O3S2/c1-5-33(6-2)17-18-35(31-32-28-20-22(3)19-23(4)29(28)39-31)30(36)25-11-13-27(14-12-25)40(37,38)34-16-15-24-9-7-8-10-26(24)21-34/h7-14,19-20H,5-6,15-18,21H2,1-4H3. The summed E-state index contributed by atoms with van der Waals surface area (Å²) in [6.45, 7) is 12.1. The molecule has 40 heavy (non-hydrogen) atoms. The van der Waals surface area contributed by atoms with Gasteiger partial charge in [0.05, 0.1) is 15.1 Å². The summed E-state index contributed by atoms with van der Waals surface area (Å²) in [6, 6.07) is 18.5. The number of thiazole rings is 1. The Labute approximate surface area is 241 Å². The van der Waals surface area contributed by atoms with Gasteiger partial charge in [-0.25, -0.2) is 13.4 Å². The lowest BCUT2D eigenvalue weighted by molar-refractivity contribution is 0.0983. The van der Waals surface area contributed by atoms with Crippen LogP contribution in [-0.2, 0) is 23.0 Å². The zero-order valence-electron chi connectivity index (χ0n) is 23.6. The maximum atomic E-state index is 13.9. The highest BCUT2D eigenvalue weighted by atomic mass is 32.2. The lowest BCUT2D eigenvalue weighted by Crippen LogP contribution is -2.39. The molecule has 0 unspecified atom stereocenters. The number of hydrogen-bond donors (Lipinski definition) is 0. The zero-order valence-corrected chi connectivity index (χ0v) is 25.2. The summed E-state index contributed by atoms with van der Waals surface area (Å²) in [6.07, 6.45) is 0.689. The maximum Gasteiger partial charge on any atom is 0.260 e. The number of amides is 1. The summed E-state index contributed by atoms with van der Waals surface area (Å²) in [4.78, 5) is 22.9. The van der Waals surface area contributed by atoms with Crippen LogP contribution in [0.5, 0.6) is 0 Å². The number of anilines is 1. The van der Waals surface area contributed by atoms with E-state index in [9.17, 15) is 13.2 Å². The molecular weight excluding hydrogens is 541 g/mol. The fourth-order valence-electron chi connectivity index (χ4n) is 5.30. The lowest BCUT2D eigenvalue weighted by atomic mass is 10.0. The first-order chi connectivity index (χ1) is 19.2. The number of carbonyl (C=O) groups excluding carboxylic acids is 1. The topological polar surface area (TPSA) is 73.8 Å². The van der Waals surface area contributed by atoms with E-state index >= 15 is 0 Å². The lowest BCUT2D eigenvalue weighted by Gasteiger charge is -2.28. The molecule has 0 spiro atoms. The number of likely N-dealkylation sites (N-methyl/N-ethyl adjacent to an activating group) is 1. The quantitative estimate of drug-likeness (QED) is 0.258. The van der Waals surface area contributed by atoms with Crippen molar-refractivity contribution < 1.29 is 13.2 Å². The van der Waals surface area contributed by atoms with E-state index in [1.807, 2.05) is 31.2 Å². The minimum absolute atomic E-state index is 0.184. The molecule has 3 aromatic carbocycles. The van der Waals surface area contributed by atoms with Gasteiger partial charge in [-0.3, -0.25) is 9.69 Å². The van der Waals surface area contributed by atoms with Gasteiger partial charge in [0.15, 0.2) is 5.13 Å². The summed E-state index contributed by atoms with van der Waals surface area (Å²) < 4.78 is 29.5. The summed E-state index contributed by atoms with van der Waals surface area (Å²) in [5.74, 6) is -0.184. The minimum atomic E-state index is -3.68. The van der Waals surface area contributed by atoms with E-state index in [4.69, 9.17) is 4.98 Å². The van der Waals surface area contributed by atoms with Crippen molar-refractivity contribution in [2.75, 3.05) is 37.6 Å². The highest BCUT2D eigenvalue weighted by Gasteiger charge is 2.29. The minimum Gasteiger partial charge on any atom is -0.302 e. The Kier molecular flexibility index (Phi) is 8.37. The number of nitrogens with zero attached hydrogens (tertiary/aromatic N) is 4. The van der Waals surface area contributed by atoms with Gasteiger partial charge >= 0.3 is 0 Å². The Morgan fingerprint density at radius 2 is 1.68 bits per heavy atom. The number of carbonyl (C=O) groups is 1. The molecule has 0 fully saturated rings. The number of sulfonamides is 1. The van der Waals surface area contributed by atoms with Crippen molar-refractivity contribution in [3.05, 3.63) is 88.5 Å². The fraction of sp³-hybridized carbons (Fsp3) is 0.355. The van der Waals surface area contributed by atoms with Crippen LogP contribution in [0.15, 0.2) is 65.6 Å². The number of aryl methyl sites for hydroxylation is 2. The second-order valence-corrected chi connectivity index (χ2v) is 13.2. The molecule has 7 nitrogen and oxygen atoms in total. The molecule has 210 valence electrons. The van der Waals surface area contributed by atoms with E-state index in [0.29, 0.717) is 36.8 Å². The van der Waals surface area contributed by atoms with Crippen molar-refractivity contribution >= 4 is 42.6 Å². The van der Waals surface area contributed by atoms with Gasteiger partial charge in [0, 0.05) is 31.7 Å². The largest absolute Gasteiger partial charge is 0.302 e. The molecule has 0 saturated heterocycles. The molecule has 1 aliphatic rings. The van der Waals surface area contributed by atoms with Crippen LogP contribution in [0.3, 0.4) is 0 Å². The predicted octanol–water partition coefficient (Wildman–Crippen LogP) is 5.65. The Balaban J connectivity index is 1.42. The van der Waals surface area contributed by atoms with Gasteiger partial charge in [0.25, 0.3) is 5.91 Å². The summed E-state index contributed by atoms with van der Waals surface area (Å²) in [7, 11) is -3.68. The van der Waals surface area contributed by atoms with E-state index in [-0.39, 0.29) is 10.8 Å². The van der Waals surface area contributed by atoms with E-state index < -0.39 is 10.0 Å². The monoisotopic (exact) mass is 576 g/mol. The molecule has 4 aromatic rings. The fourth-order valence-corrected chi connectivity index (χ4v) is 7.75. The number of hydrogen-bond acceptors (Lipinski definition) is 6. The Morgan fingerprint density at radius 3 is 2.38 bits per heavy atom. The van der Waals surface area contributed by atoms with Gasteiger partial charge in [-0.1, -0.05) is 55.5 Å². The number of benzene rings is 3. The molecule has 0 atom stereocenters. The van der Waals surface area contributed by atoms with Crippen molar-refractivity contribution in [3.63, 3.8) is 0 Å². The second-order valence-electron chi connectivity index (χ2n) is 10.3. The van der Waals surface area contributed by atoms with Crippen molar-refractivity contribution in [2.45, 2.75) is 45.6 Å². The molecule has 0 saturated carbocycles. The summed E-state index contributed by atoms with van der Waals surface area (Å²) in [5.41, 5.74) is 5.84. The highest BCUT2D eigenvalue weighted by molar-refractivity contribution is 7.89. The van der Waals surface area contributed by atoms with Crippen LogP contribution in [0, 0.1) is 13.8 Å². The molecule has 1 aliphatic heterocycles. The van der Waals surface area contributed by atoms with Crippen molar-refractivity contribution in [2.24, 2.45) is 0 Å². The van der Waals surface area contributed by atoms with Gasteiger partial charge in [-0.15, -0.1) is 0 Å². The third-order valence-corrected chi connectivity index (χ3v) is 10.7. The van der Waals surface area contributed by atoms with E-state index in [1.165, 1.54) is 21.2 Å². The molecule has 1 aromatic heterocycles. The molecule has 5 rings (SSSR count). The van der Waals surface area contributed by atoms with Crippen LogP contribution >= 0.6 is 11.3 Å². The third kappa shape index (κ3) is 5.69. The van der Waals surface area contributed by atoms with Crippen molar-refractivity contribution in [1.29, 1.82) is 0 Å². The van der Waals surface area contributed by atoms with Gasteiger partial charge < -0.3 is 4.90 Å². The molecule has 2 heterocycles. The molecule has 1 amide bonds. The molecule has 0 N–H and O–H groups in total. The Bertz CT molecular complexity index is 1630. The van der Waals surface area contributed by atoms with E-state index in [0.717, 1.165) is 46.5 Å². The normalized spacial score (nSPS) is 14.0. The van der Waals surface area contributed by atoms with Crippen LogP contribution in [0.25, 0.3) is 10.2 Å². The van der Waals surface area contributed by atoms with Gasteiger partial charge in [-0.05, 0) is 85.9 Å². The Hall–Kier alpha value is -3.11. The van der Waals surface area contributed by atoms with E-state index in [2.05, 4.69) is 37.8 Å². The predicted molar refractivity (Wildman–Crippen MR) is 163 cm³/mol. The average molecular weight is 577 g/mol. The maximum absolute atomic E-state index is 13.9. The third-order valence-electron chi connectivity index (χ3n) is 7.65. The van der Waals surface area contributed by atoms with Crippen LogP contribution in [0.1, 0.15) is 46.5 Å². The first-order valence-corrected chi connectivity index (χ1v) is 16.1. The van der Waals surface area contributed by atoms with Gasteiger partial charge in [0.1, 0.15) is 0 Å². The first kappa shape index (κ1) is 28.4. The molecular formula is C31H36N4O3S2. The summed E-state index contributed by atoms with van der Waals surface area (Å²) >= 11 is 1.52. The van der Waals surface area contributed by atoms with Crippen LogP contribution in [0.4, 0.5) is 5.13 Å². The van der Waals surface area contributed by atoms with Crippen LogP contribution < -0.4 is 4.90 Å². The molecule has 0 bridgehead atoms. The number of fused-ring (bicyclic) bond motifs is 2. The number of aromatic nitrogens is 1. The van der Waals surface area contributed by atoms with Crippen molar-refractivity contribution in [1.82, 2.24) is 14.2 Å². The second kappa shape index (κ2) is 11.8. The molecule has 0 aliphatic carbocycles. The van der Waals surface area contributed by atoms with Crippen LogP contribution in [-0.4, -0.2) is 61.2 Å².